The number of nitrogens with one attached hydrogen (secondary N) is 1. The monoisotopic (exact) mass is 304 g/mol. The zero-order valence-corrected chi connectivity index (χ0v) is 11.1. The molecule has 0 heterocycles. The van der Waals surface area contributed by atoms with E-state index in [1.165, 1.54) is 0 Å². The number of amides is 1. The van der Waals surface area contributed by atoms with Gasteiger partial charge in [0.1, 0.15) is 12.8 Å². The first-order chi connectivity index (χ1) is 9.97. The van der Waals surface area contributed by atoms with E-state index in [9.17, 15) is 18.0 Å². The van der Waals surface area contributed by atoms with Crippen molar-refractivity contribution in [3.8, 4) is 0 Å². The van der Waals surface area contributed by atoms with Crippen molar-refractivity contribution in [3.05, 3.63) is 35.9 Å². The van der Waals surface area contributed by atoms with Crippen LogP contribution in [0.25, 0.3) is 0 Å². The van der Waals surface area contributed by atoms with Crippen molar-refractivity contribution < 1.29 is 27.6 Å². The maximum absolute atomic E-state index is 11.8. The average molecular weight is 304 g/mol. The highest BCUT2D eigenvalue weighted by Crippen LogP contribution is 2.20. The van der Waals surface area contributed by atoms with Crippen LogP contribution in [0.4, 0.5) is 13.2 Å². The number of nitrogens with zero attached hydrogens (tertiary/aromatic N) is 1. The number of oxime groups is 1. The van der Waals surface area contributed by atoms with Crippen molar-refractivity contribution in [2.24, 2.45) is 5.16 Å². The maximum Gasteiger partial charge on any atom is 0.389 e. The molecule has 0 unspecified atom stereocenters. The molecule has 1 rings (SSSR count). The first-order valence-corrected chi connectivity index (χ1v) is 6.15. The molecule has 0 radical (unpaired) electrons. The normalized spacial score (nSPS) is 11.6. The van der Waals surface area contributed by atoms with Gasteiger partial charge in [-0.15, -0.1) is 0 Å². The summed E-state index contributed by atoms with van der Waals surface area (Å²) < 4.78 is 35.4. The van der Waals surface area contributed by atoms with Gasteiger partial charge >= 0.3 is 6.18 Å². The number of carbonyl (C=O) groups is 1. The third-order valence-corrected chi connectivity index (χ3v) is 2.20. The molecule has 1 aromatic carbocycles. The highest BCUT2D eigenvalue weighted by Gasteiger charge is 2.25. The maximum atomic E-state index is 11.8. The summed E-state index contributed by atoms with van der Waals surface area (Å²) in [5, 5.41) is 3.41. The SMILES string of the molecule is O=C(C=NOCc1ccccc1)NOCCCC(F)(F)F. The predicted octanol–water partition coefficient (Wildman–Crippen LogP) is 2.58. The molecule has 8 heteroatoms. The van der Waals surface area contributed by atoms with Crippen LogP contribution in [0.3, 0.4) is 0 Å². The lowest BCUT2D eigenvalue weighted by molar-refractivity contribution is -0.141. The van der Waals surface area contributed by atoms with Crippen LogP contribution in [-0.2, 0) is 21.1 Å². The molecule has 1 aromatic rings. The van der Waals surface area contributed by atoms with Gasteiger partial charge < -0.3 is 4.84 Å². The second kappa shape index (κ2) is 8.96. The lowest BCUT2D eigenvalue weighted by atomic mass is 10.2. The fourth-order valence-electron chi connectivity index (χ4n) is 1.26. The van der Waals surface area contributed by atoms with Crippen LogP contribution in [0, 0.1) is 0 Å². The van der Waals surface area contributed by atoms with Gasteiger partial charge in [-0.2, -0.15) is 13.2 Å². The highest BCUT2D eigenvalue weighted by molar-refractivity contribution is 6.25. The summed E-state index contributed by atoms with van der Waals surface area (Å²) >= 11 is 0. The second-order valence-corrected chi connectivity index (χ2v) is 4.03. The van der Waals surface area contributed by atoms with Crippen LogP contribution in [0.15, 0.2) is 35.5 Å². The smallest absolute Gasteiger partial charge is 0.389 e. The van der Waals surface area contributed by atoms with Gasteiger partial charge in [0.05, 0.1) is 6.61 Å². The number of hydrogen-bond acceptors (Lipinski definition) is 4. The summed E-state index contributed by atoms with van der Waals surface area (Å²) in [6.45, 7) is -0.0268. The lowest BCUT2D eigenvalue weighted by Gasteiger charge is -2.06. The quantitative estimate of drug-likeness (QED) is 0.456. The van der Waals surface area contributed by atoms with E-state index in [0.29, 0.717) is 0 Å². The summed E-state index contributed by atoms with van der Waals surface area (Å²) in [6, 6.07) is 9.20. The molecule has 0 saturated carbocycles. The van der Waals surface area contributed by atoms with Crippen molar-refractivity contribution in [2.45, 2.75) is 25.6 Å². The Labute approximate surface area is 119 Å². The van der Waals surface area contributed by atoms with Crippen LogP contribution in [-0.4, -0.2) is 24.9 Å². The zero-order chi connectivity index (χ0) is 15.6. The Morgan fingerprint density at radius 3 is 2.67 bits per heavy atom. The Hall–Kier alpha value is -2.09. The van der Waals surface area contributed by atoms with Gasteiger partial charge in [0.25, 0.3) is 5.91 Å². The zero-order valence-electron chi connectivity index (χ0n) is 11.1. The van der Waals surface area contributed by atoms with Crippen molar-refractivity contribution in [2.75, 3.05) is 6.61 Å². The predicted molar refractivity (Wildman–Crippen MR) is 69.1 cm³/mol. The van der Waals surface area contributed by atoms with Crippen LogP contribution in [0.5, 0.6) is 0 Å². The van der Waals surface area contributed by atoms with Gasteiger partial charge in [-0.3, -0.25) is 9.63 Å². The molecule has 0 aromatic heterocycles. The molecule has 0 spiro atoms. The number of hydrogen-bond donors (Lipinski definition) is 1. The van der Waals surface area contributed by atoms with Gasteiger partial charge in [-0.25, -0.2) is 5.48 Å². The summed E-state index contributed by atoms with van der Waals surface area (Å²) in [5.41, 5.74) is 2.82. The van der Waals surface area contributed by atoms with E-state index >= 15 is 0 Å². The summed E-state index contributed by atoms with van der Waals surface area (Å²) in [7, 11) is 0. The van der Waals surface area contributed by atoms with Gasteiger partial charge in [0.2, 0.25) is 0 Å². The first-order valence-electron chi connectivity index (χ1n) is 6.15. The van der Waals surface area contributed by atoms with Crippen LogP contribution >= 0.6 is 0 Å². The highest BCUT2D eigenvalue weighted by atomic mass is 19.4. The molecule has 0 aliphatic carbocycles. The lowest BCUT2D eigenvalue weighted by Crippen LogP contribution is -2.25. The standard InChI is InChI=1S/C13H15F3N2O3/c14-13(15,16)7-4-8-20-18-12(19)9-17-21-10-11-5-2-1-3-6-11/h1-3,5-6,9H,4,7-8,10H2,(H,18,19). The van der Waals surface area contributed by atoms with Crippen LogP contribution in [0.1, 0.15) is 18.4 Å². The number of halogens is 3. The average Bonchev–Trinajstić information content (AvgIpc) is 2.43. The molecule has 1 amide bonds. The van der Waals surface area contributed by atoms with E-state index < -0.39 is 18.5 Å². The molecule has 0 aliphatic rings. The second-order valence-electron chi connectivity index (χ2n) is 4.03. The van der Waals surface area contributed by atoms with E-state index in [2.05, 4.69) is 9.99 Å². The van der Waals surface area contributed by atoms with E-state index in [0.717, 1.165) is 11.8 Å². The van der Waals surface area contributed by atoms with Gasteiger partial charge in [-0.1, -0.05) is 35.5 Å². The molecular formula is C13H15F3N2O3. The molecule has 0 aliphatic heterocycles. The molecular weight excluding hydrogens is 289 g/mol. The van der Waals surface area contributed by atoms with E-state index in [1.807, 2.05) is 35.8 Å². The Balaban J connectivity index is 2.06. The summed E-state index contributed by atoms with van der Waals surface area (Å²) in [5.74, 6) is -0.713. The molecule has 0 bridgehead atoms. The van der Waals surface area contributed by atoms with Crippen LogP contribution < -0.4 is 5.48 Å². The Kier molecular flexibility index (Phi) is 7.24. The van der Waals surface area contributed by atoms with Crippen molar-refractivity contribution >= 4 is 12.1 Å². The largest absolute Gasteiger partial charge is 0.391 e. The van der Waals surface area contributed by atoms with E-state index in [1.54, 1.807) is 0 Å². The fourth-order valence-corrected chi connectivity index (χ4v) is 1.26. The number of benzene rings is 1. The van der Waals surface area contributed by atoms with Gasteiger partial charge in [0, 0.05) is 6.42 Å². The first kappa shape index (κ1) is 17.0. The minimum absolute atomic E-state index is 0.205. The minimum atomic E-state index is -4.22. The molecule has 0 saturated heterocycles. The fraction of sp³-hybridized carbons (Fsp3) is 0.385. The van der Waals surface area contributed by atoms with E-state index in [4.69, 9.17) is 4.84 Å². The molecule has 0 fully saturated rings. The molecule has 5 nitrogen and oxygen atoms in total. The topological polar surface area (TPSA) is 59.9 Å². The number of rotatable bonds is 8. The van der Waals surface area contributed by atoms with Crippen molar-refractivity contribution in [1.82, 2.24) is 5.48 Å². The Bertz CT molecular complexity index is 450. The molecule has 21 heavy (non-hydrogen) atoms. The van der Waals surface area contributed by atoms with Crippen molar-refractivity contribution in [3.63, 3.8) is 0 Å². The van der Waals surface area contributed by atoms with E-state index in [-0.39, 0.29) is 19.6 Å². The summed E-state index contributed by atoms with van der Waals surface area (Å²) in [6.07, 6.45) is -4.57. The molecule has 116 valence electrons. The van der Waals surface area contributed by atoms with Crippen molar-refractivity contribution in [1.29, 1.82) is 0 Å². The molecule has 1 N–H and O–H groups in total. The Morgan fingerprint density at radius 2 is 2.00 bits per heavy atom. The van der Waals surface area contributed by atoms with Gasteiger partial charge in [-0.05, 0) is 12.0 Å². The number of alkyl halides is 3. The molecule has 0 atom stereocenters. The third-order valence-electron chi connectivity index (χ3n) is 2.20. The minimum Gasteiger partial charge on any atom is -0.391 e. The number of carbonyl (C=O) groups excluding carboxylic acids is 1. The van der Waals surface area contributed by atoms with Crippen LogP contribution in [0.2, 0.25) is 0 Å². The Morgan fingerprint density at radius 1 is 1.29 bits per heavy atom. The summed E-state index contributed by atoms with van der Waals surface area (Å²) in [4.78, 5) is 20.6. The third kappa shape index (κ3) is 9.44. The van der Waals surface area contributed by atoms with Gasteiger partial charge in [0.15, 0.2) is 0 Å². The number of hydroxylamine groups is 1.